The highest BCUT2D eigenvalue weighted by Gasteiger charge is 2.11. The molecule has 0 spiro atoms. The Kier molecular flexibility index (Phi) is 3.97. The number of methoxy groups -OCH3 is 1. The molecule has 19 heavy (non-hydrogen) atoms. The van der Waals surface area contributed by atoms with E-state index in [-0.39, 0.29) is 5.91 Å². The zero-order valence-corrected chi connectivity index (χ0v) is 11.4. The van der Waals surface area contributed by atoms with Crippen LogP contribution in [-0.2, 0) is 4.74 Å². The molecule has 1 N–H and O–H groups in total. The standard InChI is InChI=1S/C14H13NO3S/c1-9-7-8-19-12(9)13(16)15-11-5-3-10(4-6-11)14(17)18-2/h3-8H,1-2H3,(H,15,16). The number of hydrogen-bond acceptors (Lipinski definition) is 4. The van der Waals surface area contributed by atoms with Crippen LogP contribution in [0.5, 0.6) is 0 Å². The highest BCUT2D eigenvalue weighted by molar-refractivity contribution is 7.12. The molecule has 2 aromatic rings. The fourth-order valence-electron chi connectivity index (χ4n) is 1.60. The quantitative estimate of drug-likeness (QED) is 0.876. The molecule has 2 rings (SSSR count). The van der Waals surface area contributed by atoms with Crippen molar-refractivity contribution in [2.24, 2.45) is 0 Å². The predicted octanol–water partition coefficient (Wildman–Crippen LogP) is 3.10. The first-order chi connectivity index (χ1) is 9.11. The van der Waals surface area contributed by atoms with E-state index in [0.29, 0.717) is 16.1 Å². The Hall–Kier alpha value is -2.14. The van der Waals surface area contributed by atoms with Gasteiger partial charge in [0, 0.05) is 5.69 Å². The number of carbonyl (C=O) groups is 2. The van der Waals surface area contributed by atoms with Gasteiger partial charge in [0.05, 0.1) is 17.6 Å². The van der Waals surface area contributed by atoms with Crippen LogP contribution in [0.15, 0.2) is 35.7 Å². The van der Waals surface area contributed by atoms with Crippen LogP contribution in [0.1, 0.15) is 25.6 Å². The maximum atomic E-state index is 12.0. The van der Waals surface area contributed by atoms with Crippen molar-refractivity contribution in [3.05, 3.63) is 51.7 Å². The third-order valence-electron chi connectivity index (χ3n) is 2.63. The summed E-state index contributed by atoms with van der Waals surface area (Å²) >= 11 is 1.40. The molecule has 4 nitrogen and oxygen atoms in total. The minimum absolute atomic E-state index is 0.140. The Bertz CT molecular complexity index is 601. The average molecular weight is 275 g/mol. The summed E-state index contributed by atoms with van der Waals surface area (Å²) in [5.41, 5.74) is 2.05. The fourth-order valence-corrected chi connectivity index (χ4v) is 2.42. The molecule has 0 aliphatic rings. The Morgan fingerprint density at radius 2 is 1.84 bits per heavy atom. The highest BCUT2D eigenvalue weighted by Crippen LogP contribution is 2.18. The van der Waals surface area contributed by atoms with Crippen molar-refractivity contribution in [2.75, 3.05) is 12.4 Å². The van der Waals surface area contributed by atoms with Gasteiger partial charge >= 0.3 is 5.97 Å². The van der Waals surface area contributed by atoms with E-state index in [9.17, 15) is 9.59 Å². The summed E-state index contributed by atoms with van der Waals surface area (Å²) in [4.78, 5) is 23.9. The van der Waals surface area contributed by atoms with Crippen molar-refractivity contribution >= 4 is 28.9 Å². The average Bonchev–Trinajstić information content (AvgIpc) is 2.85. The monoisotopic (exact) mass is 275 g/mol. The maximum Gasteiger partial charge on any atom is 0.337 e. The summed E-state index contributed by atoms with van der Waals surface area (Å²) in [7, 11) is 1.33. The fraction of sp³-hybridized carbons (Fsp3) is 0.143. The summed E-state index contributed by atoms with van der Waals surface area (Å²) in [6.07, 6.45) is 0. The molecule has 0 aliphatic heterocycles. The lowest BCUT2D eigenvalue weighted by Crippen LogP contribution is -2.11. The second-order valence-electron chi connectivity index (χ2n) is 3.96. The van der Waals surface area contributed by atoms with Gasteiger partial charge in [-0.25, -0.2) is 4.79 Å². The van der Waals surface area contributed by atoms with Crippen LogP contribution in [-0.4, -0.2) is 19.0 Å². The summed E-state index contributed by atoms with van der Waals surface area (Å²) < 4.78 is 4.61. The van der Waals surface area contributed by atoms with Crippen LogP contribution >= 0.6 is 11.3 Å². The first kappa shape index (κ1) is 13.3. The number of anilines is 1. The van der Waals surface area contributed by atoms with Crippen molar-refractivity contribution in [1.29, 1.82) is 0 Å². The van der Waals surface area contributed by atoms with Crippen LogP contribution in [0.2, 0.25) is 0 Å². The van der Waals surface area contributed by atoms with Gasteiger partial charge < -0.3 is 10.1 Å². The number of hydrogen-bond donors (Lipinski definition) is 1. The molecule has 0 aliphatic carbocycles. The number of nitrogens with one attached hydrogen (secondary N) is 1. The van der Waals surface area contributed by atoms with Gasteiger partial charge in [-0.1, -0.05) is 0 Å². The number of benzene rings is 1. The Morgan fingerprint density at radius 3 is 2.37 bits per heavy atom. The molecule has 0 saturated heterocycles. The van der Waals surface area contributed by atoms with Gasteiger partial charge in [-0.15, -0.1) is 11.3 Å². The maximum absolute atomic E-state index is 12.0. The number of carbonyl (C=O) groups excluding carboxylic acids is 2. The van der Waals surface area contributed by atoms with Crippen molar-refractivity contribution in [1.82, 2.24) is 0 Å². The largest absolute Gasteiger partial charge is 0.465 e. The van der Waals surface area contributed by atoms with Crippen molar-refractivity contribution in [3.63, 3.8) is 0 Å². The summed E-state index contributed by atoms with van der Waals surface area (Å²) in [6.45, 7) is 1.89. The van der Waals surface area contributed by atoms with E-state index < -0.39 is 5.97 Å². The van der Waals surface area contributed by atoms with E-state index in [1.807, 2.05) is 18.4 Å². The third-order valence-corrected chi connectivity index (χ3v) is 3.65. The van der Waals surface area contributed by atoms with Gasteiger partial charge in [-0.3, -0.25) is 4.79 Å². The molecule has 0 unspecified atom stereocenters. The molecule has 1 amide bonds. The predicted molar refractivity (Wildman–Crippen MR) is 74.8 cm³/mol. The van der Waals surface area contributed by atoms with E-state index in [2.05, 4.69) is 10.1 Å². The van der Waals surface area contributed by atoms with E-state index in [0.717, 1.165) is 5.56 Å². The molecule has 0 fully saturated rings. The third kappa shape index (κ3) is 3.00. The van der Waals surface area contributed by atoms with Gasteiger partial charge in [-0.05, 0) is 48.2 Å². The SMILES string of the molecule is COC(=O)c1ccc(NC(=O)c2sccc2C)cc1. The zero-order chi connectivity index (χ0) is 13.8. The number of esters is 1. The lowest BCUT2D eigenvalue weighted by atomic mass is 10.2. The van der Waals surface area contributed by atoms with Crippen molar-refractivity contribution in [3.8, 4) is 0 Å². The molecule has 0 bridgehead atoms. The Morgan fingerprint density at radius 1 is 1.16 bits per heavy atom. The Labute approximate surface area is 115 Å². The molecule has 0 radical (unpaired) electrons. The topological polar surface area (TPSA) is 55.4 Å². The molecule has 0 atom stereocenters. The van der Waals surface area contributed by atoms with Gasteiger partial charge in [-0.2, -0.15) is 0 Å². The molecule has 1 aromatic carbocycles. The summed E-state index contributed by atoms with van der Waals surface area (Å²) in [6, 6.07) is 8.48. The summed E-state index contributed by atoms with van der Waals surface area (Å²) in [5.74, 6) is -0.537. The van der Waals surface area contributed by atoms with Crippen LogP contribution in [0.25, 0.3) is 0 Å². The van der Waals surface area contributed by atoms with E-state index in [1.54, 1.807) is 24.3 Å². The van der Waals surface area contributed by atoms with E-state index in [4.69, 9.17) is 0 Å². The van der Waals surface area contributed by atoms with Gasteiger partial charge in [0.25, 0.3) is 5.91 Å². The zero-order valence-electron chi connectivity index (χ0n) is 10.6. The normalized spacial score (nSPS) is 10.0. The number of ether oxygens (including phenoxy) is 1. The molecule has 98 valence electrons. The number of amides is 1. The molecular weight excluding hydrogens is 262 g/mol. The minimum Gasteiger partial charge on any atom is -0.465 e. The Balaban J connectivity index is 2.10. The first-order valence-corrected chi connectivity index (χ1v) is 6.53. The lowest BCUT2D eigenvalue weighted by Gasteiger charge is -2.05. The van der Waals surface area contributed by atoms with Crippen LogP contribution in [0.3, 0.4) is 0 Å². The van der Waals surface area contributed by atoms with Crippen LogP contribution in [0, 0.1) is 6.92 Å². The number of aryl methyl sites for hydroxylation is 1. The van der Waals surface area contributed by atoms with E-state index >= 15 is 0 Å². The van der Waals surface area contributed by atoms with Gasteiger partial charge in [0.1, 0.15) is 0 Å². The van der Waals surface area contributed by atoms with Crippen molar-refractivity contribution in [2.45, 2.75) is 6.92 Å². The second-order valence-corrected chi connectivity index (χ2v) is 4.87. The van der Waals surface area contributed by atoms with Crippen LogP contribution < -0.4 is 5.32 Å². The van der Waals surface area contributed by atoms with Crippen LogP contribution in [0.4, 0.5) is 5.69 Å². The van der Waals surface area contributed by atoms with E-state index in [1.165, 1.54) is 18.4 Å². The van der Waals surface area contributed by atoms with Gasteiger partial charge in [0.2, 0.25) is 0 Å². The molecular formula is C14H13NO3S. The second kappa shape index (κ2) is 5.67. The number of rotatable bonds is 3. The molecule has 1 aromatic heterocycles. The molecule has 5 heteroatoms. The van der Waals surface area contributed by atoms with Gasteiger partial charge in [0.15, 0.2) is 0 Å². The molecule has 1 heterocycles. The minimum atomic E-state index is -0.396. The smallest absolute Gasteiger partial charge is 0.337 e. The summed E-state index contributed by atoms with van der Waals surface area (Å²) in [5, 5.41) is 4.67. The molecule has 0 saturated carbocycles. The van der Waals surface area contributed by atoms with Crippen molar-refractivity contribution < 1.29 is 14.3 Å². The first-order valence-electron chi connectivity index (χ1n) is 5.65. The number of thiophene rings is 1. The highest BCUT2D eigenvalue weighted by atomic mass is 32.1. The lowest BCUT2D eigenvalue weighted by molar-refractivity contribution is 0.0600.